The first kappa shape index (κ1) is 9.83. The molecule has 0 fully saturated rings. The maximum absolute atomic E-state index is 11.9. The van der Waals surface area contributed by atoms with Crippen molar-refractivity contribution < 1.29 is 4.79 Å². The summed E-state index contributed by atoms with van der Waals surface area (Å²) in [6.07, 6.45) is 0. The predicted molar refractivity (Wildman–Crippen MR) is 62.0 cm³/mol. The van der Waals surface area contributed by atoms with Gasteiger partial charge >= 0.3 is 0 Å². The molecule has 1 amide bonds. The number of fused-ring (bicyclic) bond motifs is 1. The van der Waals surface area contributed by atoms with Gasteiger partial charge in [0.25, 0.3) is 0 Å². The van der Waals surface area contributed by atoms with Crippen LogP contribution < -0.4 is 16.0 Å². The number of nitrogens with one attached hydrogen (secondary N) is 1. The molecule has 1 atom stereocenters. The van der Waals surface area contributed by atoms with Gasteiger partial charge in [-0.3, -0.25) is 4.79 Å². The number of benzene rings is 1. The van der Waals surface area contributed by atoms with Crippen LogP contribution in [0.3, 0.4) is 0 Å². The third-order valence-corrected chi connectivity index (χ3v) is 2.68. The van der Waals surface area contributed by atoms with Crippen LogP contribution in [0.1, 0.15) is 13.8 Å². The third kappa shape index (κ3) is 1.42. The molecule has 0 spiro atoms. The number of nitrogens with two attached hydrogens (primary N) is 1. The molecule has 3 N–H and O–H groups in total. The van der Waals surface area contributed by atoms with Gasteiger partial charge in [-0.15, -0.1) is 0 Å². The molecule has 0 aromatic heterocycles. The zero-order valence-corrected chi connectivity index (χ0v) is 8.95. The van der Waals surface area contributed by atoms with Crippen LogP contribution in [0, 0.1) is 0 Å². The van der Waals surface area contributed by atoms with Gasteiger partial charge in [-0.25, -0.2) is 0 Å². The van der Waals surface area contributed by atoms with Gasteiger partial charge in [-0.2, -0.15) is 0 Å². The van der Waals surface area contributed by atoms with Gasteiger partial charge in [0.15, 0.2) is 0 Å². The van der Waals surface area contributed by atoms with Crippen LogP contribution in [-0.2, 0) is 4.79 Å². The molecule has 1 aliphatic rings. The van der Waals surface area contributed by atoms with E-state index in [1.54, 1.807) is 4.90 Å². The SMILES string of the molecule is CCN1C(=O)C(C)Nc2c(N)cccc21. The second-order valence-corrected chi connectivity index (χ2v) is 3.69. The van der Waals surface area contributed by atoms with E-state index < -0.39 is 0 Å². The van der Waals surface area contributed by atoms with Crippen molar-refractivity contribution in [2.24, 2.45) is 0 Å². The van der Waals surface area contributed by atoms with E-state index >= 15 is 0 Å². The highest BCUT2D eigenvalue weighted by molar-refractivity contribution is 6.06. The maximum Gasteiger partial charge on any atom is 0.249 e. The molecule has 1 aromatic carbocycles. The van der Waals surface area contributed by atoms with Gasteiger partial charge in [-0.1, -0.05) is 6.07 Å². The number of rotatable bonds is 1. The maximum atomic E-state index is 11.9. The Hall–Kier alpha value is -1.71. The molecule has 80 valence electrons. The third-order valence-electron chi connectivity index (χ3n) is 2.68. The minimum absolute atomic E-state index is 0.0931. The average molecular weight is 205 g/mol. The van der Waals surface area contributed by atoms with E-state index in [0.717, 1.165) is 11.4 Å². The van der Waals surface area contributed by atoms with Crippen molar-refractivity contribution in [3.63, 3.8) is 0 Å². The number of para-hydroxylation sites is 1. The number of hydrogen-bond donors (Lipinski definition) is 2. The van der Waals surface area contributed by atoms with Gasteiger partial charge in [0.2, 0.25) is 5.91 Å². The number of likely N-dealkylation sites (N-methyl/N-ethyl adjacent to an activating group) is 1. The van der Waals surface area contributed by atoms with Crippen molar-refractivity contribution >= 4 is 23.0 Å². The molecule has 0 saturated heterocycles. The fourth-order valence-corrected chi connectivity index (χ4v) is 1.90. The molecule has 0 bridgehead atoms. The van der Waals surface area contributed by atoms with Crippen LogP contribution >= 0.6 is 0 Å². The highest BCUT2D eigenvalue weighted by Gasteiger charge is 2.29. The monoisotopic (exact) mass is 205 g/mol. The predicted octanol–water partition coefficient (Wildman–Crippen LogP) is 1.44. The molecule has 1 aliphatic heterocycles. The average Bonchev–Trinajstić information content (AvgIpc) is 2.22. The summed E-state index contributed by atoms with van der Waals surface area (Å²) in [5, 5.41) is 3.13. The topological polar surface area (TPSA) is 58.4 Å². The number of nitrogen functional groups attached to an aromatic ring is 1. The van der Waals surface area contributed by atoms with Crippen LogP contribution in [0.4, 0.5) is 17.1 Å². The number of carbonyl (C=O) groups excluding carboxylic acids is 1. The van der Waals surface area contributed by atoms with Crippen molar-refractivity contribution in [1.29, 1.82) is 0 Å². The van der Waals surface area contributed by atoms with Crippen molar-refractivity contribution in [1.82, 2.24) is 0 Å². The number of nitrogens with zero attached hydrogens (tertiary/aromatic N) is 1. The zero-order chi connectivity index (χ0) is 11.0. The van der Waals surface area contributed by atoms with E-state index in [4.69, 9.17) is 5.73 Å². The van der Waals surface area contributed by atoms with E-state index in [1.807, 2.05) is 32.0 Å². The number of anilines is 3. The first-order chi connectivity index (χ1) is 7.15. The Balaban J connectivity index is 2.54. The molecule has 0 aliphatic carbocycles. The summed E-state index contributed by atoms with van der Waals surface area (Å²) in [6.45, 7) is 4.48. The summed E-state index contributed by atoms with van der Waals surface area (Å²) in [5.41, 5.74) is 8.29. The quantitative estimate of drug-likeness (QED) is 0.682. The molecule has 1 unspecified atom stereocenters. The van der Waals surface area contributed by atoms with Crippen molar-refractivity contribution in [2.75, 3.05) is 22.5 Å². The van der Waals surface area contributed by atoms with Gasteiger partial charge < -0.3 is 16.0 Å². The van der Waals surface area contributed by atoms with E-state index in [9.17, 15) is 4.79 Å². The summed E-state index contributed by atoms with van der Waals surface area (Å²) < 4.78 is 0. The van der Waals surface area contributed by atoms with Gasteiger partial charge in [0.05, 0.1) is 17.1 Å². The summed E-state index contributed by atoms with van der Waals surface area (Å²) in [7, 11) is 0. The Kier molecular flexibility index (Phi) is 2.26. The van der Waals surface area contributed by atoms with Crippen LogP contribution in [-0.4, -0.2) is 18.5 Å². The zero-order valence-electron chi connectivity index (χ0n) is 8.95. The molecule has 2 rings (SSSR count). The molecule has 0 saturated carbocycles. The summed E-state index contributed by atoms with van der Waals surface area (Å²) >= 11 is 0. The molecule has 1 heterocycles. The van der Waals surface area contributed by atoms with Crippen LogP contribution in [0.2, 0.25) is 0 Å². The number of amides is 1. The Morgan fingerprint density at radius 3 is 2.93 bits per heavy atom. The Bertz CT molecular complexity index is 403. The number of carbonyl (C=O) groups is 1. The molecule has 4 heteroatoms. The second-order valence-electron chi connectivity index (χ2n) is 3.69. The van der Waals surface area contributed by atoms with E-state index in [2.05, 4.69) is 5.32 Å². The lowest BCUT2D eigenvalue weighted by Crippen LogP contribution is -2.45. The highest BCUT2D eigenvalue weighted by Crippen LogP contribution is 2.35. The van der Waals surface area contributed by atoms with Crippen LogP contribution in [0.25, 0.3) is 0 Å². The highest BCUT2D eigenvalue weighted by atomic mass is 16.2. The van der Waals surface area contributed by atoms with Crippen LogP contribution in [0.15, 0.2) is 18.2 Å². The minimum Gasteiger partial charge on any atom is -0.397 e. The molecular formula is C11H15N3O. The van der Waals surface area contributed by atoms with Crippen molar-refractivity contribution in [3.05, 3.63) is 18.2 Å². The molecule has 15 heavy (non-hydrogen) atoms. The van der Waals surface area contributed by atoms with E-state index in [-0.39, 0.29) is 11.9 Å². The summed E-state index contributed by atoms with van der Waals surface area (Å²) in [4.78, 5) is 13.6. The second kappa shape index (κ2) is 3.46. The Labute approximate surface area is 89.1 Å². The molecule has 4 nitrogen and oxygen atoms in total. The molecule has 1 aromatic rings. The van der Waals surface area contributed by atoms with Crippen LogP contribution in [0.5, 0.6) is 0 Å². The number of hydrogen-bond acceptors (Lipinski definition) is 3. The summed E-state index contributed by atoms with van der Waals surface area (Å²) in [6, 6.07) is 5.40. The fourth-order valence-electron chi connectivity index (χ4n) is 1.90. The first-order valence-electron chi connectivity index (χ1n) is 5.11. The van der Waals surface area contributed by atoms with E-state index in [0.29, 0.717) is 12.2 Å². The first-order valence-corrected chi connectivity index (χ1v) is 5.11. The standard InChI is InChI=1S/C11H15N3O/c1-3-14-9-6-4-5-8(12)10(9)13-7(2)11(14)15/h4-7,13H,3,12H2,1-2H3. The Morgan fingerprint density at radius 1 is 1.53 bits per heavy atom. The molecular weight excluding hydrogens is 190 g/mol. The summed E-state index contributed by atoms with van der Waals surface area (Å²) in [5.74, 6) is 0.0931. The van der Waals surface area contributed by atoms with E-state index in [1.165, 1.54) is 0 Å². The smallest absolute Gasteiger partial charge is 0.249 e. The normalized spacial score (nSPS) is 19.7. The van der Waals surface area contributed by atoms with Gasteiger partial charge in [0, 0.05) is 6.54 Å². The van der Waals surface area contributed by atoms with Gasteiger partial charge in [0.1, 0.15) is 6.04 Å². The van der Waals surface area contributed by atoms with Gasteiger partial charge in [-0.05, 0) is 26.0 Å². The lowest BCUT2D eigenvalue weighted by Gasteiger charge is -2.33. The van der Waals surface area contributed by atoms with Crippen molar-refractivity contribution in [3.8, 4) is 0 Å². The lowest BCUT2D eigenvalue weighted by atomic mass is 10.1. The minimum atomic E-state index is -0.206. The molecule has 0 radical (unpaired) electrons. The van der Waals surface area contributed by atoms with Crippen molar-refractivity contribution in [2.45, 2.75) is 19.9 Å². The Morgan fingerprint density at radius 2 is 2.27 bits per heavy atom. The largest absolute Gasteiger partial charge is 0.397 e. The fraction of sp³-hybridized carbons (Fsp3) is 0.364. The lowest BCUT2D eigenvalue weighted by molar-refractivity contribution is -0.119.